The molecule has 0 aliphatic heterocycles. The van der Waals surface area contributed by atoms with Gasteiger partial charge in [-0.25, -0.2) is 4.39 Å². The predicted octanol–water partition coefficient (Wildman–Crippen LogP) is 3.77. The van der Waals surface area contributed by atoms with Gasteiger partial charge >= 0.3 is 0 Å². The monoisotopic (exact) mass is 265 g/mol. The van der Waals surface area contributed by atoms with Gasteiger partial charge in [-0.15, -0.1) is 0 Å². The Bertz CT molecular complexity index is 545. The van der Waals surface area contributed by atoms with Gasteiger partial charge in [0.05, 0.1) is 5.02 Å². The summed E-state index contributed by atoms with van der Waals surface area (Å²) in [7, 11) is 0. The third-order valence-electron chi connectivity index (χ3n) is 2.48. The Balaban J connectivity index is 2.23. The second-order valence-electron chi connectivity index (χ2n) is 3.84. The van der Waals surface area contributed by atoms with Crippen LogP contribution in [0.3, 0.4) is 0 Å². The molecule has 0 aromatic heterocycles. The molecule has 94 valence electrons. The number of benzene rings is 2. The van der Waals surface area contributed by atoms with E-state index in [1.165, 1.54) is 12.1 Å². The zero-order valence-electron chi connectivity index (χ0n) is 9.70. The summed E-state index contributed by atoms with van der Waals surface area (Å²) < 4.78 is 19.1. The molecule has 18 heavy (non-hydrogen) atoms. The molecule has 0 aliphatic carbocycles. The van der Waals surface area contributed by atoms with Gasteiger partial charge in [-0.05, 0) is 42.8 Å². The summed E-state index contributed by atoms with van der Waals surface area (Å²) in [5.74, 6) is 0.137. The normalized spacial score (nSPS) is 10.4. The summed E-state index contributed by atoms with van der Waals surface area (Å²) in [5.41, 5.74) is 6.54. The predicted molar refractivity (Wildman–Crippen MR) is 70.7 cm³/mol. The SMILES string of the molecule is NCCc1cccc(Oc2cccc(Cl)c2F)c1. The molecule has 2 aromatic rings. The fourth-order valence-corrected chi connectivity index (χ4v) is 1.79. The molecule has 0 heterocycles. The number of hydrogen-bond acceptors (Lipinski definition) is 2. The number of ether oxygens (including phenoxy) is 1. The van der Waals surface area contributed by atoms with Crippen LogP contribution in [0.25, 0.3) is 0 Å². The summed E-state index contributed by atoms with van der Waals surface area (Å²) in [6, 6.07) is 12.1. The van der Waals surface area contributed by atoms with Gasteiger partial charge in [-0.3, -0.25) is 0 Å². The van der Waals surface area contributed by atoms with Gasteiger partial charge in [0.1, 0.15) is 5.75 Å². The maximum atomic E-state index is 13.7. The first-order valence-corrected chi connectivity index (χ1v) is 5.99. The van der Waals surface area contributed by atoms with Crippen molar-refractivity contribution in [3.8, 4) is 11.5 Å². The fraction of sp³-hybridized carbons (Fsp3) is 0.143. The van der Waals surface area contributed by atoms with Crippen molar-refractivity contribution < 1.29 is 9.13 Å². The molecule has 4 heteroatoms. The highest BCUT2D eigenvalue weighted by Gasteiger charge is 2.08. The van der Waals surface area contributed by atoms with E-state index >= 15 is 0 Å². The molecule has 2 aromatic carbocycles. The van der Waals surface area contributed by atoms with Crippen LogP contribution >= 0.6 is 11.6 Å². The van der Waals surface area contributed by atoms with E-state index in [2.05, 4.69) is 0 Å². The van der Waals surface area contributed by atoms with Crippen molar-refractivity contribution in [2.75, 3.05) is 6.54 Å². The van der Waals surface area contributed by atoms with Gasteiger partial charge in [0.25, 0.3) is 0 Å². The van der Waals surface area contributed by atoms with Crippen molar-refractivity contribution in [3.05, 3.63) is 58.9 Å². The molecule has 2 rings (SSSR count). The van der Waals surface area contributed by atoms with Crippen molar-refractivity contribution in [3.63, 3.8) is 0 Å². The molecule has 0 spiro atoms. The third kappa shape index (κ3) is 3.00. The van der Waals surface area contributed by atoms with Crippen LogP contribution in [0, 0.1) is 5.82 Å². The maximum Gasteiger partial charge on any atom is 0.184 e. The molecule has 0 unspecified atom stereocenters. The fourth-order valence-electron chi connectivity index (χ4n) is 1.62. The first-order chi connectivity index (χ1) is 8.70. The number of nitrogens with two attached hydrogens (primary N) is 1. The topological polar surface area (TPSA) is 35.2 Å². The summed E-state index contributed by atoms with van der Waals surface area (Å²) in [4.78, 5) is 0. The van der Waals surface area contributed by atoms with Crippen molar-refractivity contribution in [1.29, 1.82) is 0 Å². The molecule has 2 N–H and O–H groups in total. The van der Waals surface area contributed by atoms with Gasteiger partial charge in [-0.2, -0.15) is 0 Å². The molecule has 0 saturated carbocycles. The molecule has 0 aliphatic rings. The Hall–Kier alpha value is -1.58. The molecule has 0 fully saturated rings. The molecule has 2 nitrogen and oxygen atoms in total. The van der Waals surface area contributed by atoms with E-state index in [-0.39, 0.29) is 10.8 Å². The lowest BCUT2D eigenvalue weighted by Crippen LogP contribution is -2.02. The lowest BCUT2D eigenvalue weighted by Gasteiger charge is -2.08. The first-order valence-electron chi connectivity index (χ1n) is 5.61. The average Bonchev–Trinajstić information content (AvgIpc) is 2.36. The second-order valence-corrected chi connectivity index (χ2v) is 4.25. The van der Waals surface area contributed by atoms with Crippen LogP contribution in [0.1, 0.15) is 5.56 Å². The van der Waals surface area contributed by atoms with Gasteiger partial charge in [0.2, 0.25) is 0 Å². The van der Waals surface area contributed by atoms with E-state index in [0.29, 0.717) is 12.3 Å². The smallest absolute Gasteiger partial charge is 0.184 e. The van der Waals surface area contributed by atoms with E-state index in [1.54, 1.807) is 12.1 Å². The van der Waals surface area contributed by atoms with Crippen LogP contribution in [0.2, 0.25) is 5.02 Å². The van der Waals surface area contributed by atoms with Crippen molar-refractivity contribution >= 4 is 11.6 Å². The number of rotatable bonds is 4. The van der Waals surface area contributed by atoms with E-state index < -0.39 is 5.82 Å². The van der Waals surface area contributed by atoms with E-state index in [0.717, 1.165) is 12.0 Å². The lowest BCUT2D eigenvalue weighted by molar-refractivity contribution is 0.442. The van der Waals surface area contributed by atoms with Crippen molar-refractivity contribution in [2.45, 2.75) is 6.42 Å². The van der Waals surface area contributed by atoms with Gasteiger partial charge in [0, 0.05) is 0 Å². The largest absolute Gasteiger partial charge is 0.454 e. The van der Waals surface area contributed by atoms with Crippen molar-refractivity contribution in [1.82, 2.24) is 0 Å². The molecule has 0 saturated heterocycles. The molecule has 0 bridgehead atoms. The quantitative estimate of drug-likeness (QED) is 0.913. The maximum absolute atomic E-state index is 13.7. The van der Waals surface area contributed by atoms with Crippen LogP contribution in [-0.4, -0.2) is 6.54 Å². The highest BCUT2D eigenvalue weighted by atomic mass is 35.5. The van der Waals surface area contributed by atoms with Crippen molar-refractivity contribution in [2.24, 2.45) is 5.73 Å². The third-order valence-corrected chi connectivity index (χ3v) is 2.77. The highest BCUT2D eigenvalue weighted by molar-refractivity contribution is 6.30. The zero-order chi connectivity index (χ0) is 13.0. The van der Waals surface area contributed by atoms with E-state index in [1.807, 2.05) is 18.2 Å². The van der Waals surface area contributed by atoms with Gasteiger partial charge in [0.15, 0.2) is 11.6 Å². The Kier molecular flexibility index (Phi) is 4.18. The number of hydrogen-bond donors (Lipinski definition) is 1. The standard InChI is InChI=1S/C14H13ClFNO/c15-12-5-2-6-13(14(12)16)18-11-4-1-3-10(9-11)7-8-17/h1-6,9H,7-8,17H2. The van der Waals surface area contributed by atoms with E-state index in [9.17, 15) is 4.39 Å². The summed E-state index contributed by atoms with van der Waals surface area (Å²) >= 11 is 5.69. The van der Waals surface area contributed by atoms with Gasteiger partial charge in [-0.1, -0.05) is 29.8 Å². The summed E-state index contributed by atoms with van der Waals surface area (Å²) in [6.07, 6.45) is 0.759. The summed E-state index contributed by atoms with van der Waals surface area (Å²) in [6.45, 7) is 0.564. The Morgan fingerprint density at radius 2 is 1.94 bits per heavy atom. The molecule has 0 radical (unpaired) electrons. The molecular formula is C14H13ClFNO. The Morgan fingerprint density at radius 3 is 2.72 bits per heavy atom. The minimum absolute atomic E-state index is 0.0469. The summed E-state index contributed by atoms with van der Waals surface area (Å²) in [5, 5.41) is 0.0469. The minimum atomic E-state index is -0.552. The molecule has 0 atom stereocenters. The van der Waals surface area contributed by atoms with Gasteiger partial charge < -0.3 is 10.5 Å². The first kappa shape index (κ1) is 12.9. The lowest BCUT2D eigenvalue weighted by atomic mass is 10.1. The second kappa shape index (κ2) is 5.85. The highest BCUT2D eigenvalue weighted by Crippen LogP contribution is 2.29. The molecular weight excluding hydrogens is 253 g/mol. The van der Waals surface area contributed by atoms with Crippen LogP contribution in [0.15, 0.2) is 42.5 Å². The Morgan fingerprint density at radius 1 is 1.17 bits per heavy atom. The van der Waals surface area contributed by atoms with Crippen LogP contribution in [0.5, 0.6) is 11.5 Å². The van der Waals surface area contributed by atoms with Crippen LogP contribution < -0.4 is 10.5 Å². The van der Waals surface area contributed by atoms with Crippen LogP contribution in [-0.2, 0) is 6.42 Å². The van der Waals surface area contributed by atoms with Crippen LogP contribution in [0.4, 0.5) is 4.39 Å². The number of halogens is 2. The average molecular weight is 266 g/mol. The molecule has 0 amide bonds. The van der Waals surface area contributed by atoms with E-state index in [4.69, 9.17) is 22.1 Å². The minimum Gasteiger partial charge on any atom is -0.454 e. The Labute approximate surface area is 110 Å². The zero-order valence-corrected chi connectivity index (χ0v) is 10.5.